The predicted octanol–water partition coefficient (Wildman–Crippen LogP) is 2.53. The molecule has 0 heterocycles. The summed E-state index contributed by atoms with van der Waals surface area (Å²) in [6.07, 6.45) is 3.73. The van der Waals surface area contributed by atoms with Crippen LogP contribution in [0.1, 0.15) is 39.5 Å². The molecular formula is C16H25N3O2. The molecule has 4 N–H and O–H groups in total. The Morgan fingerprint density at radius 1 is 1.38 bits per heavy atom. The Labute approximate surface area is 126 Å². The predicted molar refractivity (Wildman–Crippen MR) is 85.5 cm³/mol. The number of nitrogens with one attached hydrogen (secondary N) is 2. The van der Waals surface area contributed by atoms with E-state index in [4.69, 9.17) is 10.5 Å². The van der Waals surface area contributed by atoms with Crippen molar-refractivity contribution in [1.29, 1.82) is 0 Å². The number of ether oxygens (including phenoxy) is 1. The second kappa shape index (κ2) is 7.20. The number of hydrogen-bond acceptors (Lipinski definition) is 4. The van der Waals surface area contributed by atoms with Crippen LogP contribution in [0.5, 0.6) is 5.75 Å². The second-order valence-corrected chi connectivity index (χ2v) is 5.83. The van der Waals surface area contributed by atoms with Crippen molar-refractivity contribution in [2.24, 2.45) is 0 Å². The standard InChI is InChI=1S/C16H25N3O2/c1-11(2)21-15-9-12(17)8-14(10-15)18-7-3-4-16(20)19-13-5-6-13/h8-11,13,18H,3-7,17H2,1-2H3,(H,19,20). The van der Waals surface area contributed by atoms with E-state index in [0.29, 0.717) is 18.2 Å². The van der Waals surface area contributed by atoms with E-state index < -0.39 is 0 Å². The number of amides is 1. The summed E-state index contributed by atoms with van der Waals surface area (Å²) in [5, 5.41) is 6.27. The second-order valence-electron chi connectivity index (χ2n) is 5.83. The van der Waals surface area contributed by atoms with E-state index in [1.165, 1.54) is 0 Å². The summed E-state index contributed by atoms with van der Waals surface area (Å²) in [7, 11) is 0. The SMILES string of the molecule is CC(C)Oc1cc(N)cc(NCCCC(=O)NC2CC2)c1. The van der Waals surface area contributed by atoms with Crippen LogP contribution < -0.4 is 21.1 Å². The van der Waals surface area contributed by atoms with E-state index >= 15 is 0 Å². The molecule has 5 heteroatoms. The molecule has 21 heavy (non-hydrogen) atoms. The van der Waals surface area contributed by atoms with E-state index in [0.717, 1.165) is 37.2 Å². The highest BCUT2D eigenvalue weighted by Crippen LogP contribution is 2.23. The number of nitrogen functional groups attached to an aromatic ring is 1. The Morgan fingerprint density at radius 3 is 2.81 bits per heavy atom. The fraction of sp³-hybridized carbons (Fsp3) is 0.562. The number of hydrogen-bond donors (Lipinski definition) is 3. The number of rotatable bonds is 8. The lowest BCUT2D eigenvalue weighted by atomic mass is 10.2. The minimum Gasteiger partial charge on any atom is -0.491 e. The fourth-order valence-corrected chi connectivity index (χ4v) is 2.07. The maximum atomic E-state index is 11.6. The highest BCUT2D eigenvalue weighted by molar-refractivity contribution is 5.76. The number of carbonyl (C=O) groups excluding carboxylic acids is 1. The highest BCUT2D eigenvalue weighted by atomic mass is 16.5. The zero-order chi connectivity index (χ0) is 15.2. The van der Waals surface area contributed by atoms with Crippen LogP contribution in [0.2, 0.25) is 0 Å². The van der Waals surface area contributed by atoms with Gasteiger partial charge >= 0.3 is 0 Å². The lowest BCUT2D eigenvalue weighted by Crippen LogP contribution is -2.25. The number of anilines is 2. The van der Waals surface area contributed by atoms with Crippen LogP contribution in [0.15, 0.2) is 18.2 Å². The van der Waals surface area contributed by atoms with Crippen LogP contribution in [0.4, 0.5) is 11.4 Å². The monoisotopic (exact) mass is 291 g/mol. The van der Waals surface area contributed by atoms with Crippen LogP contribution in [0.3, 0.4) is 0 Å². The molecule has 2 rings (SSSR count). The van der Waals surface area contributed by atoms with Gasteiger partial charge in [0.05, 0.1) is 6.10 Å². The Balaban J connectivity index is 1.73. The first-order chi connectivity index (χ1) is 10.0. The molecule has 1 aromatic carbocycles. The average Bonchev–Trinajstić information content (AvgIpc) is 3.17. The van der Waals surface area contributed by atoms with E-state index in [9.17, 15) is 4.79 Å². The van der Waals surface area contributed by atoms with Gasteiger partial charge in [-0.05, 0) is 39.2 Å². The lowest BCUT2D eigenvalue weighted by Gasteiger charge is -2.13. The van der Waals surface area contributed by atoms with Gasteiger partial charge in [0.15, 0.2) is 0 Å². The summed E-state index contributed by atoms with van der Waals surface area (Å²) < 4.78 is 5.65. The maximum absolute atomic E-state index is 11.6. The highest BCUT2D eigenvalue weighted by Gasteiger charge is 2.22. The molecule has 1 aromatic rings. The van der Waals surface area contributed by atoms with Crippen LogP contribution in [-0.2, 0) is 4.79 Å². The lowest BCUT2D eigenvalue weighted by molar-refractivity contribution is -0.121. The fourth-order valence-electron chi connectivity index (χ4n) is 2.07. The van der Waals surface area contributed by atoms with Crippen molar-refractivity contribution in [3.63, 3.8) is 0 Å². The molecule has 0 unspecified atom stereocenters. The molecule has 116 valence electrons. The topological polar surface area (TPSA) is 76.4 Å². The zero-order valence-electron chi connectivity index (χ0n) is 12.8. The third-order valence-corrected chi connectivity index (χ3v) is 3.15. The summed E-state index contributed by atoms with van der Waals surface area (Å²) in [6.45, 7) is 4.70. The van der Waals surface area contributed by atoms with Crippen LogP contribution in [0.25, 0.3) is 0 Å². The summed E-state index contributed by atoms with van der Waals surface area (Å²) in [5.41, 5.74) is 7.46. The largest absolute Gasteiger partial charge is 0.491 e. The van der Waals surface area contributed by atoms with Crippen LogP contribution >= 0.6 is 0 Å². The van der Waals surface area contributed by atoms with Gasteiger partial charge in [-0.1, -0.05) is 0 Å². The smallest absolute Gasteiger partial charge is 0.220 e. The number of benzene rings is 1. The Bertz CT molecular complexity index is 484. The van der Waals surface area contributed by atoms with Gasteiger partial charge in [0.25, 0.3) is 0 Å². The maximum Gasteiger partial charge on any atom is 0.220 e. The Morgan fingerprint density at radius 2 is 2.14 bits per heavy atom. The minimum atomic E-state index is 0.116. The van der Waals surface area contributed by atoms with Crippen molar-refractivity contribution in [2.45, 2.75) is 51.7 Å². The van der Waals surface area contributed by atoms with Crippen molar-refractivity contribution in [3.8, 4) is 5.75 Å². The molecule has 0 atom stereocenters. The molecule has 1 aliphatic carbocycles. The normalized spacial score (nSPS) is 14.0. The molecule has 0 aromatic heterocycles. The van der Waals surface area contributed by atoms with Crippen molar-refractivity contribution < 1.29 is 9.53 Å². The molecule has 1 aliphatic rings. The molecule has 0 bridgehead atoms. The first-order valence-electron chi connectivity index (χ1n) is 7.63. The van der Waals surface area contributed by atoms with Crippen LogP contribution in [0, 0.1) is 0 Å². The molecule has 0 spiro atoms. The molecule has 1 fully saturated rings. The quantitative estimate of drug-likeness (QED) is 0.508. The average molecular weight is 291 g/mol. The molecule has 0 radical (unpaired) electrons. The molecule has 0 aliphatic heterocycles. The molecule has 1 amide bonds. The first kappa shape index (κ1) is 15.5. The van der Waals surface area contributed by atoms with E-state index in [1.807, 2.05) is 32.0 Å². The molecule has 5 nitrogen and oxygen atoms in total. The third-order valence-electron chi connectivity index (χ3n) is 3.15. The van der Waals surface area contributed by atoms with Crippen molar-refractivity contribution in [1.82, 2.24) is 5.32 Å². The van der Waals surface area contributed by atoms with Gasteiger partial charge in [-0.2, -0.15) is 0 Å². The van der Waals surface area contributed by atoms with E-state index in [1.54, 1.807) is 0 Å². The zero-order valence-corrected chi connectivity index (χ0v) is 12.8. The summed E-state index contributed by atoms with van der Waals surface area (Å²) in [6, 6.07) is 6.06. The third kappa shape index (κ3) is 5.94. The van der Waals surface area contributed by atoms with E-state index in [-0.39, 0.29) is 12.0 Å². The van der Waals surface area contributed by atoms with Gasteiger partial charge < -0.3 is 21.1 Å². The first-order valence-corrected chi connectivity index (χ1v) is 7.63. The Hall–Kier alpha value is -1.91. The molecule has 1 saturated carbocycles. The number of nitrogens with two attached hydrogens (primary N) is 1. The van der Waals surface area contributed by atoms with Crippen molar-refractivity contribution in [3.05, 3.63) is 18.2 Å². The van der Waals surface area contributed by atoms with Gasteiger partial charge in [-0.25, -0.2) is 0 Å². The van der Waals surface area contributed by atoms with Crippen molar-refractivity contribution in [2.75, 3.05) is 17.6 Å². The van der Waals surface area contributed by atoms with Gasteiger partial charge in [0.1, 0.15) is 5.75 Å². The van der Waals surface area contributed by atoms with Gasteiger partial charge in [0, 0.05) is 42.5 Å². The Kier molecular flexibility index (Phi) is 5.31. The molecule has 0 saturated heterocycles. The van der Waals surface area contributed by atoms with Crippen LogP contribution in [-0.4, -0.2) is 24.6 Å². The summed E-state index contributed by atoms with van der Waals surface area (Å²) in [4.78, 5) is 11.6. The minimum absolute atomic E-state index is 0.116. The molecular weight excluding hydrogens is 266 g/mol. The summed E-state index contributed by atoms with van der Waals surface area (Å²) in [5.74, 6) is 0.912. The number of carbonyl (C=O) groups is 1. The van der Waals surface area contributed by atoms with Crippen molar-refractivity contribution >= 4 is 17.3 Å². The summed E-state index contributed by atoms with van der Waals surface area (Å²) >= 11 is 0. The van der Waals surface area contributed by atoms with E-state index in [2.05, 4.69) is 10.6 Å². The van der Waals surface area contributed by atoms with Gasteiger partial charge in [-0.3, -0.25) is 4.79 Å². The van der Waals surface area contributed by atoms with Gasteiger partial charge in [-0.15, -0.1) is 0 Å². The van der Waals surface area contributed by atoms with Gasteiger partial charge in [0.2, 0.25) is 5.91 Å².